The van der Waals surface area contributed by atoms with Crippen molar-refractivity contribution < 1.29 is 22.5 Å². The van der Waals surface area contributed by atoms with Crippen molar-refractivity contribution in [3.63, 3.8) is 0 Å². The summed E-state index contributed by atoms with van der Waals surface area (Å²) in [5, 5.41) is 8.22. The van der Waals surface area contributed by atoms with Gasteiger partial charge in [-0.05, 0) is 24.6 Å². The summed E-state index contributed by atoms with van der Waals surface area (Å²) in [6, 6.07) is 1.31. The predicted molar refractivity (Wildman–Crippen MR) is 79.6 cm³/mol. The van der Waals surface area contributed by atoms with Crippen LogP contribution in [0.15, 0.2) is 29.4 Å². The SMILES string of the molecule is CC(CNS(=O)(=O)c1cncc(/C=C/C(=O)O)c1)S(C)=O. The molecule has 0 aromatic carbocycles. The van der Waals surface area contributed by atoms with Crippen LogP contribution in [0.25, 0.3) is 6.08 Å². The molecule has 0 aliphatic heterocycles. The Morgan fingerprint density at radius 2 is 2.19 bits per heavy atom. The Morgan fingerprint density at radius 1 is 1.52 bits per heavy atom. The molecule has 0 aliphatic carbocycles. The lowest BCUT2D eigenvalue weighted by atomic mass is 10.2. The van der Waals surface area contributed by atoms with Crippen molar-refractivity contribution >= 4 is 32.9 Å². The molecule has 1 aromatic rings. The van der Waals surface area contributed by atoms with Crippen molar-refractivity contribution in [3.05, 3.63) is 30.1 Å². The zero-order chi connectivity index (χ0) is 16.0. The molecule has 0 saturated carbocycles. The first kappa shape index (κ1) is 17.5. The van der Waals surface area contributed by atoms with Gasteiger partial charge in [0.05, 0.1) is 0 Å². The monoisotopic (exact) mass is 332 g/mol. The fourth-order valence-electron chi connectivity index (χ4n) is 1.27. The van der Waals surface area contributed by atoms with Crippen LogP contribution in [0.2, 0.25) is 0 Å². The highest BCUT2D eigenvalue weighted by atomic mass is 32.2. The molecule has 0 bridgehead atoms. The number of sulfonamides is 1. The second-order valence-corrected chi connectivity index (χ2v) is 7.86. The van der Waals surface area contributed by atoms with Crippen molar-refractivity contribution in [1.82, 2.24) is 9.71 Å². The van der Waals surface area contributed by atoms with Gasteiger partial charge in [0.1, 0.15) is 4.90 Å². The molecule has 0 radical (unpaired) electrons. The van der Waals surface area contributed by atoms with E-state index in [1.807, 2.05) is 0 Å². The molecule has 1 aromatic heterocycles. The first-order chi connectivity index (χ1) is 9.72. The van der Waals surface area contributed by atoms with Crippen molar-refractivity contribution in [2.75, 3.05) is 12.8 Å². The van der Waals surface area contributed by atoms with Crippen LogP contribution in [0.1, 0.15) is 12.5 Å². The van der Waals surface area contributed by atoms with Gasteiger partial charge in [-0.1, -0.05) is 0 Å². The topological polar surface area (TPSA) is 113 Å². The van der Waals surface area contributed by atoms with Crippen LogP contribution in [0, 0.1) is 0 Å². The zero-order valence-corrected chi connectivity index (χ0v) is 13.1. The highest BCUT2D eigenvalue weighted by Crippen LogP contribution is 2.11. The minimum absolute atomic E-state index is 0.0423. The van der Waals surface area contributed by atoms with E-state index in [0.717, 1.165) is 12.3 Å². The highest BCUT2D eigenvalue weighted by Gasteiger charge is 2.17. The zero-order valence-electron chi connectivity index (χ0n) is 11.5. The van der Waals surface area contributed by atoms with Gasteiger partial charge in [-0.3, -0.25) is 9.19 Å². The highest BCUT2D eigenvalue weighted by molar-refractivity contribution is 7.89. The van der Waals surface area contributed by atoms with E-state index in [1.54, 1.807) is 6.92 Å². The molecule has 1 rings (SSSR count). The Balaban J connectivity index is 2.91. The lowest BCUT2D eigenvalue weighted by molar-refractivity contribution is -0.131. The number of carboxylic acids is 1. The van der Waals surface area contributed by atoms with E-state index in [4.69, 9.17) is 5.11 Å². The standard InChI is InChI=1S/C12H16N2O5S2/c1-9(20(2)17)6-14-21(18,19)11-5-10(7-13-8-11)3-4-12(15)16/h3-5,7-9,14H,6H2,1-2H3,(H,15,16)/b4-3+. The van der Waals surface area contributed by atoms with Crippen LogP contribution < -0.4 is 4.72 Å². The van der Waals surface area contributed by atoms with Crippen LogP contribution in [0.5, 0.6) is 0 Å². The van der Waals surface area contributed by atoms with Gasteiger partial charge in [0, 0.05) is 47.3 Å². The average Bonchev–Trinajstić information content (AvgIpc) is 2.42. The van der Waals surface area contributed by atoms with E-state index in [1.165, 1.54) is 24.6 Å². The minimum Gasteiger partial charge on any atom is -0.478 e. The molecule has 2 atom stereocenters. The molecule has 0 saturated heterocycles. The number of pyridine rings is 1. The van der Waals surface area contributed by atoms with Crippen LogP contribution in [-0.2, 0) is 25.6 Å². The number of hydrogen-bond donors (Lipinski definition) is 2. The van der Waals surface area contributed by atoms with Crippen molar-refractivity contribution in [2.24, 2.45) is 0 Å². The summed E-state index contributed by atoms with van der Waals surface area (Å²) in [6.45, 7) is 1.71. The minimum atomic E-state index is -3.78. The Morgan fingerprint density at radius 3 is 2.76 bits per heavy atom. The van der Waals surface area contributed by atoms with Gasteiger partial charge in [0.15, 0.2) is 0 Å². The third kappa shape index (κ3) is 5.74. The van der Waals surface area contributed by atoms with Gasteiger partial charge in [-0.2, -0.15) is 0 Å². The van der Waals surface area contributed by atoms with Gasteiger partial charge in [0.25, 0.3) is 0 Å². The summed E-state index contributed by atoms with van der Waals surface area (Å²) in [4.78, 5) is 14.1. The smallest absolute Gasteiger partial charge is 0.328 e. The molecule has 21 heavy (non-hydrogen) atoms. The summed E-state index contributed by atoms with van der Waals surface area (Å²) >= 11 is 0. The lowest BCUT2D eigenvalue weighted by Crippen LogP contribution is -2.32. The molecule has 0 fully saturated rings. The maximum absolute atomic E-state index is 12.1. The first-order valence-corrected chi connectivity index (χ1v) is 9.01. The molecule has 0 spiro atoms. The van der Waals surface area contributed by atoms with Gasteiger partial charge < -0.3 is 5.11 Å². The number of hydrogen-bond acceptors (Lipinski definition) is 5. The van der Waals surface area contributed by atoms with Crippen LogP contribution in [0.4, 0.5) is 0 Å². The maximum atomic E-state index is 12.1. The van der Waals surface area contributed by atoms with E-state index in [2.05, 4.69) is 9.71 Å². The molecule has 0 amide bonds. The molecule has 0 aliphatic rings. The molecule has 2 N–H and O–H groups in total. The average molecular weight is 332 g/mol. The Hall–Kier alpha value is -1.58. The van der Waals surface area contributed by atoms with E-state index in [-0.39, 0.29) is 16.7 Å². The number of carbonyl (C=O) groups is 1. The molecule has 7 nitrogen and oxygen atoms in total. The molecular formula is C12H16N2O5S2. The van der Waals surface area contributed by atoms with Gasteiger partial charge >= 0.3 is 5.97 Å². The maximum Gasteiger partial charge on any atom is 0.328 e. The van der Waals surface area contributed by atoms with Crippen LogP contribution >= 0.6 is 0 Å². The third-order valence-electron chi connectivity index (χ3n) is 2.59. The number of nitrogens with one attached hydrogen (secondary N) is 1. The summed E-state index contributed by atoms with van der Waals surface area (Å²) in [5.74, 6) is -1.14. The number of rotatable bonds is 7. The number of carboxylic acid groups (broad SMARTS) is 1. The molecule has 1 heterocycles. The van der Waals surface area contributed by atoms with Crippen LogP contribution in [0.3, 0.4) is 0 Å². The van der Waals surface area contributed by atoms with E-state index < -0.39 is 26.8 Å². The summed E-state index contributed by atoms with van der Waals surface area (Å²) in [7, 11) is -4.91. The number of aliphatic carboxylic acids is 1. The largest absolute Gasteiger partial charge is 0.478 e. The van der Waals surface area contributed by atoms with Crippen molar-refractivity contribution in [1.29, 1.82) is 0 Å². The Bertz CT molecular complexity index is 670. The van der Waals surface area contributed by atoms with E-state index >= 15 is 0 Å². The second-order valence-electron chi connectivity index (χ2n) is 4.29. The molecule has 116 valence electrons. The molecule has 9 heteroatoms. The van der Waals surface area contributed by atoms with Gasteiger partial charge in [-0.15, -0.1) is 0 Å². The second kappa shape index (κ2) is 7.43. The normalized spacial score (nSPS) is 15.0. The Labute approximate surface area is 125 Å². The van der Waals surface area contributed by atoms with Crippen LogP contribution in [-0.4, -0.2) is 46.7 Å². The fraction of sp³-hybridized carbons (Fsp3) is 0.333. The van der Waals surface area contributed by atoms with E-state index in [9.17, 15) is 17.4 Å². The van der Waals surface area contributed by atoms with E-state index in [0.29, 0.717) is 5.56 Å². The number of nitrogens with zero attached hydrogens (tertiary/aromatic N) is 1. The predicted octanol–water partition coefficient (Wildman–Crippen LogP) is 0.225. The summed E-state index contributed by atoms with van der Waals surface area (Å²) in [6.07, 6.45) is 6.15. The lowest BCUT2D eigenvalue weighted by Gasteiger charge is -2.10. The summed E-state index contributed by atoms with van der Waals surface area (Å²) < 4.78 is 37.7. The quantitative estimate of drug-likeness (QED) is 0.691. The van der Waals surface area contributed by atoms with Crippen molar-refractivity contribution in [2.45, 2.75) is 17.1 Å². The third-order valence-corrected chi connectivity index (χ3v) is 5.28. The summed E-state index contributed by atoms with van der Waals surface area (Å²) in [5.41, 5.74) is 0.354. The Kier molecular flexibility index (Phi) is 6.19. The molecule has 2 unspecified atom stereocenters. The number of aromatic nitrogens is 1. The van der Waals surface area contributed by atoms with Crippen molar-refractivity contribution in [3.8, 4) is 0 Å². The van der Waals surface area contributed by atoms with Gasteiger partial charge in [-0.25, -0.2) is 17.9 Å². The fourth-order valence-corrected chi connectivity index (χ4v) is 2.82. The first-order valence-electron chi connectivity index (χ1n) is 5.90. The van der Waals surface area contributed by atoms with Gasteiger partial charge in [0.2, 0.25) is 10.0 Å². The molecular weight excluding hydrogens is 316 g/mol.